The molecule has 0 aliphatic carbocycles. The van der Waals surface area contributed by atoms with E-state index in [2.05, 4.69) is 10.1 Å². The minimum Gasteiger partial charge on any atom is -0.465 e. The van der Waals surface area contributed by atoms with Gasteiger partial charge in [0.2, 0.25) is 0 Å². The highest BCUT2D eigenvalue weighted by Gasteiger charge is 2.14. The van der Waals surface area contributed by atoms with Gasteiger partial charge in [-0.3, -0.25) is 0 Å². The molecular formula is C13H17NO2. The Morgan fingerprint density at radius 3 is 2.75 bits per heavy atom. The maximum absolute atomic E-state index is 11.2. The standard InChI is InChI=1S/C13H17NO2/c1-16-13(15)12-4-2-10(3-5-12)8-11-6-7-14-9-11/h2-5,11,14H,6-9H2,1H3/t11-/m1/s1. The van der Waals surface area contributed by atoms with Gasteiger partial charge >= 0.3 is 5.97 Å². The Morgan fingerprint density at radius 1 is 1.44 bits per heavy atom. The minimum atomic E-state index is -0.269. The Hall–Kier alpha value is -1.35. The number of nitrogens with one attached hydrogen (secondary N) is 1. The van der Waals surface area contributed by atoms with E-state index in [9.17, 15) is 4.79 Å². The van der Waals surface area contributed by atoms with Crippen molar-refractivity contribution in [2.45, 2.75) is 12.8 Å². The van der Waals surface area contributed by atoms with E-state index in [4.69, 9.17) is 0 Å². The number of ether oxygens (including phenoxy) is 1. The van der Waals surface area contributed by atoms with E-state index >= 15 is 0 Å². The molecule has 0 radical (unpaired) electrons. The average molecular weight is 219 g/mol. The third-order valence-electron chi connectivity index (χ3n) is 3.06. The first-order valence-corrected chi connectivity index (χ1v) is 5.67. The van der Waals surface area contributed by atoms with Crippen molar-refractivity contribution >= 4 is 5.97 Å². The van der Waals surface area contributed by atoms with E-state index in [-0.39, 0.29) is 5.97 Å². The van der Waals surface area contributed by atoms with Gasteiger partial charge in [0.15, 0.2) is 0 Å². The molecule has 3 heteroatoms. The summed E-state index contributed by atoms with van der Waals surface area (Å²) >= 11 is 0. The molecule has 0 spiro atoms. The maximum Gasteiger partial charge on any atom is 0.337 e. The number of esters is 1. The van der Waals surface area contributed by atoms with Crippen LogP contribution in [-0.2, 0) is 11.2 Å². The topological polar surface area (TPSA) is 38.3 Å². The van der Waals surface area contributed by atoms with Crippen LogP contribution < -0.4 is 5.32 Å². The van der Waals surface area contributed by atoms with Crippen LogP contribution in [0.4, 0.5) is 0 Å². The number of hydrogen-bond acceptors (Lipinski definition) is 3. The summed E-state index contributed by atoms with van der Waals surface area (Å²) in [5.41, 5.74) is 1.91. The smallest absolute Gasteiger partial charge is 0.337 e. The molecule has 1 aromatic rings. The lowest BCUT2D eigenvalue weighted by atomic mass is 9.98. The molecule has 1 saturated heterocycles. The lowest BCUT2D eigenvalue weighted by Crippen LogP contribution is -2.10. The molecule has 86 valence electrons. The zero-order valence-corrected chi connectivity index (χ0v) is 9.53. The Labute approximate surface area is 95.8 Å². The summed E-state index contributed by atoms with van der Waals surface area (Å²) < 4.78 is 4.66. The van der Waals surface area contributed by atoms with E-state index in [1.54, 1.807) is 0 Å². The minimum absolute atomic E-state index is 0.269. The summed E-state index contributed by atoms with van der Waals surface area (Å²) in [5.74, 6) is 0.470. The molecule has 1 N–H and O–H groups in total. The number of hydrogen-bond donors (Lipinski definition) is 1. The fourth-order valence-electron chi connectivity index (χ4n) is 2.12. The number of carbonyl (C=O) groups excluding carboxylic acids is 1. The zero-order valence-electron chi connectivity index (χ0n) is 9.53. The normalized spacial score (nSPS) is 19.7. The summed E-state index contributed by atoms with van der Waals surface area (Å²) in [5, 5.41) is 3.36. The van der Waals surface area contributed by atoms with Crippen molar-refractivity contribution in [2.75, 3.05) is 20.2 Å². The predicted octanol–water partition coefficient (Wildman–Crippen LogP) is 1.63. The van der Waals surface area contributed by atoms with Crippen molar-refractivity contribution in [3.8, 4) is 0 Å². The number of rotatable bonds is 3. The van der Waals surface area contributed by atoms with Gasteiger partial charge in [0.1, 0.15) is 0 Å². The Bertz CT molecular complexity index is 353. The highest BCUT2D eigenvalue weighted by Crippen LogP contribution is 2.15. The maximum atomic E-state index is 11.2. The summed E-state index contributed by atoms with van der Waals surface area (Å²) in [6, 6.07) is 7.71. The molecule has 1 aliphatic heterocycles. The summed E-state index contributed by atoms with van der Waals surface area (Å²) in [6.45, 7) is 2.24. The van der Waals surface area contributed by atoms with E-state index in [1.807, 2.05) is 24.3 Å². The first-order chi connectivity index (χ1) is 7.79. The average Bonchev–Trinajstić information content (AvgIpc) is 2.82. The first kappa shape index (κ1) is 11.1. The summed E-state index contributed by atoms with van der Waals surface area (Å²) in [7, 11) is 1.40. The van der Waals surface area contributed by atoms with Gasteiger partial charge in [-0.15, -0.1) is 0 Å². The molecule has 1 fully saturated rings. The largest absolute Gasteiger partial charge is 0.465 e. The van der Waals surface area contributed by atoms with Crippen LogP contribution >= 0.6 is 0 Å². The quantitative estimate of drug-likeness (QED) is 0.785. The fraction of sp³-hybridized carbons (Fsp3) is 0.462. The molecule has 1 heterocycles. The van der Waals surface area contributed by atoms with E-state index in [0.717, 1.165) is 25.4 Å². The molecule has 3 nitrogen and oxygen atoms in total. The molecule has 0 aromatic heterocycles. The Kier molecular flexibility index (Phi) is 3.57. The van der Waals surface area contributed by atoms with Crippen molar-refractivity contribution in [1.29, 1.82) is 0 Å². The highest BCUT2D eigenvalue weighted by molar-refractivity contribution is 5.89. The first-order valence-electron chi connectivity index (χ1n) is 5.67. The van der Waals surface area contributed by atoms with Crippen LogP contribution in [0.1, 0.15) is 22.3 Å². The SMILES string of the molecule is COC(=O)c1ccc(C[C@H]2CCNC2)cc1. The van der Waals surface area contributed by atoms with Gasteiger partial charge in [0.05, 0.1) is 12.7 Å². The third kappa shape index (κ3) is 2.61. The van der Waals surface area contributed by atoms with Gasteiger partial charge in [-0.2, -0.15) is 0 Å². The Morgan fingerprint density at radius 2 is 2.19 bits per heavy atom. The molecule has 1 aromatic carbocycles. The molecule has 2 rings (SSSR count). The van der Waals surface area contributed by atoms with Crippen LogP contribution in [-0.4, -0.2) is 26.2 Å². The number of carbonyl (C=O) groups is 1. The highest BCUT2D eigenvalue weighted by atomic mass is 16.5. The van der Waals surface area contributed by atoms with Crippen molar-refractivity contribution < 1.29 is 9.53 Å². The van der Waals surface area contributed by atoms with Crippen molar-refractivity contribution in [2.24, 2.45) is 5.92 Å². The number of methoxy groups -OCH3 is 1. The van der Waals surface area contributed by atoms with Crippen molar-refractivity contribution in [3.63, 3.8) is 0 Å². The van der Waals surface area contributed by atoms with E-state index < -0.39 is 0 Å². The molecule has 0 amide bonds. The van der Waals surface area contributed by atoms with Gasteiger partial charge in [0.25, 0.3) is 0 Å². The zero-order chi connectivity index (χ0) is 11.4. The Balaban J connectivity index is 1.98. The molecule has 16 heavy (non-hydrogen) atoms. The molecule has 0 saturated carbocycles. The molecule has 1 atom stereocenters. The third-order valence-corrected chi connectivity index (χ3v) is 3.06. The summed E-state index contributed by atoms with van der Waals surface area (Å²) in [6.07, 6.45) is 2.34. The van der Waals surface area contributed by atoms with Crippen LogP contribution in [0.3, 0.4) is 0 Å². The second kappa shape index (κ2) is 5.12. The van der Waals surface area contributed by atoms with Crippen LogP contribution in [0.5, 0.6) is 0 Å². The lowest BCUT2D eigenvalue weighted by molar-refractivity contribution is 0.0600. The van der Waals surface area contributed by atoms with Gasteiger partial charge in [0, 0.05) is 0 Å². The van der Waals surface area contributed by atoms with Crippen LogP contribution in [0.15, 0.2) is 24.3 Å². The molecule has 0 unspecified atom stereocenters. The second-order valence-corrected chi connectivity index (χ2v) is 4.25. The van der Waals surface area contributed by atoms with Crippen molar-refractivity contribution in [1.82, 2.24) is 5.32 Å². The monoisotopic (exact) mass is 219 g/mol. The second-order valence-electron chi connectivity index (χ2n) is 4.25. The van der Waals surface area contributed by atoms with E-state index in [0.29, 0.717) is 5.56 Å². The summed E-state index contributed by atoms with van der Waals surface area (Å²) in [4.78, 5) is 11.2. The van der Waals surface area contributed by atoms with Crippen LogP contribution in [0, 0.1) is 5.92 Å². The molecule has 1 aliphatic rings. The lowest BCUT2D eigenvalue weighted by Gasteiger charge is -2.08. The van der Waals surface area contributed by atoms with E-state index in [1.165, 1.54) is 19.1 Å². The van der Waals surface area contributed by atoms with Crippen molar-refractivity contribution in [3.05, 3.63) is 35.4 Å². The number of benzene rings is 1. The van der Waals surface area contributed by atoms with Gasteiger partial charge < -0.3 is 10.1 Å². The van der Waals surface area contributed by atoms with Gasteiger partial charge in [-0.05, 0) is 49.5 Å². The van der Waals surface area contributed by atoms with Crippen LogP contribution in [0.2, 0.25) is 0 Å². The molecule has 0 bridgehead atoms. The van der Waals surface area contributed by atoms with Gasteiger partial charge in [-0.1, -0.05) is 12.1 Å². The van der Waals surface area contributed by atoms with Gasteiger partial charge in [-0.25, -0.2) is 4.79 Å². The van der Waals surface area contributed by atoms with Crippen LogP contribution in [0.25, 0.3) is 0 Å². The molecular weight excluding hydrogens is 202 g/mol. The predicted molar refractivity (Wildman–Crippen MR) is 62.5 cm³/mol. The fourth-order valence-corrected chi connectivity index (χ4v) is 2.12.